The predicted octanol–water partition coefficient (Wildman–Crippen LogP) is 9.76. The van der Waals surface area contributed by atoms with Crippen molar-refractivity contribution in [3.05, 3.63) is 121 Å². The van der Waals surface area contributed by atoms with Gasteiger partial charge in [0, 0.05) is 0 Å². The van der Waals surface area contributed by atoms with Gasteiger partial charge in [0.15, 0.2) is 0 Å². The standard InChI is InChI=1S/C34H20/c1-2-8-22-14-24-16-26-18-28-20-34-32-12-6-4-10-30(32)29-9-3-5-11-31(29)33(34)19-27(28)17-25(26)15-23(24)13-21(22)7-1/h1-20H. The Bertz CT molecular complexity index is 1960. The van der Waals surface area contributed by atoms with Gasteiger partial charge in [0.05, 0.1) is 0 Å². The van der Waals surface area contributed by atoms with Crippen LogP contribution in [-0.4, -0.2) is 0 Å². The number of hydrogen-bond donors (Lipinski definition) is 0. The van der Waals surface area contributed by atoms with Crippen molar-refractivity contribution in [3.63, 3.8) is 0 Å². The normalized spacial score (nSPS) is 12.1. The molecule has 0 nitrogen and oxygen atoms in total. The van der Waals surface area contributed by atoms with E-state index in [2.05, 4.69) is 121 Å². The van der Waals surface area contributed by atoms with Crippen LogP contribution in [0.4, 0.5) is 0 Å². The van der Waals surface area contributed by atoms with Gasteiger partial charge in [-0.15, -0.1) is 0 Å². The fourth-order valence-electron chi connectivity index (χ4n) is 5.85. The zero-order valence-corrected chi connectivity index (χ0v) is 18.5. The van der Waals surface area contributed by atoms with Crippen molar-refractivity contribution in [1.29, 1.82) is 0 Å². The van der Waals surface area contributed by atoms with E-state index < -0.39 is 0 Å². The number of rotatable bonds is 0. The molecule has 34 heavy (non-hydrogen) atoms. The summed E-state index contributed by atoms with van der Waals surface area (Å²) in [5.41, 5.74) is 0. The molecule has 156 valence electrons. The molecule has 8 aromatic rings. The minimum Gasteiger partial charge on any atom is -0.0616 e. The summed E-state index contributed by atoms with van der Waals surface area (Å²) in [4.78, 5) is 0. The van der Waals surface area contributed by atoms with Crippen LogP contribution in [0.1, 0.15) is 0 Å². The first kappa shape index (κ1) is 18.1. The van der Waals surface area contributed by atoms with Crippen LogP contribution in [0.3, 0.4) is 0 Å². The molecule has 0 aliphatic rings. The molecule has 8 rings (SSSR count). The molecule has 0 bridgehead atoms. The topological polar surface area (TPSA) is 0 Å². The maximum absolute atomic E-state index is 2.39. The van der Waals surface area contributed by atoms with Crippen LogP contribution in [0.15, 0.2) is 121 Å². The SMILES string of the molecule is c1ccc2cc3cc4cc5cc6c7ccccc7c7ccccc7c6cc5cc4cc3cc2c1. The molecule has 0 unspecified atom stereocenters. The molecular weight excluding hydrogens is 408 g/mol. The largest absolute Gasteiger partial charge is 0.0616 e. The molecule has 0 heteroatoms. The van der Waals surface area contributed by atoms with Crippen LogP contribution in [0.2, 0.25) is 0 Å². The Morgan fingerprint density at radius 3 is 0.853 bits per heavy atom. The third-order valence-corrected chi connectivity index (χ3v) is 7.48. The van der Waals surface area contributed by atoms with E-state index in [-0.39, 0.29) is 0 Å². The van der Waals surface area contributed by atoms with Crippen molar-refractivity contribution in [3.8, 4) is 0 Å². The average molecular weight is 429 g/mol. The quantitative estimate of drug-likeness (QED) is 0.166. The maximum atomic E-state index is 2.39. The van der Waals surface area contributed by atoms with Crippen LogP contribution < -0.4 is 0 Å². The highest BCUT2D eigenvalue weighted by atomic mass is 14.1. The van der Waals surface area contributed by atoms with Crippen molar-refractivity contribution < 1.29 is 0 Å². The minimum atomic E-state index is 1.29. The third-order valence-electron chi connectivity index (χ3n) is 7.48. The van der Waals surface area contributed by atoms with E-state index >= 15 is 0 Å². The van der Waals surface area contributed by atoms with Gasteiger partial charge in [0.2, 0.25) is 0 Å². The van der Waals surface area contributed by atoms with Crippen LogP contribution in [0.25, 0.3) is 75.4 Å². The average Bonchev–Trinajstić information content (AvgIpc) is 2.89. The maximum Gasteiger partial charge on any atom is -0.00926 e. The predicted molar refractivity (Wildman–Crippen MR) is 149 cm³/mol. The fraction of sp³-hybridized carbons (Fsp3) is 0. The zero-order valence-electron chi connectivity index (χ0n) is 18.5. The van der Waals surface area contributed by atoms with E-state index in [4.69, 9.17) is 0 Å². The van der Waals surface area contributed by atoms with Gasteiger partial charge in [0.1, 0.15) is 0 Å². The molecule has 0 heterocycles. The molecule has 0 saturated carbocycles. The number of fused-ring (bicyclic) bond motifs is 10. The lowest BCUT2D eigenvalue weighted by Crippen LogP contribution is -1.85. The molecule has 0 spiro atoms. The first-order valence-corrected chi connectivity index (χ1v) is 11.9. The molecule has 8 aromatic carbocycles. The first-order valence-electron chi connectivity index (χ1n) is 11.9. The van der Waals surface area contributed by atoms with Gasteiger partial charge in [-0.25, -0.2) is 0 Å². The molecule has 0 aliphatic carbocycles. The molecule has 0 fully saturated rings. The van der Waals surface area contributed by atoms with Crippen LogP contribution in [0.5, 0.6) is 0 Å². The van der Waals surface area contributed by atoms with Gasteiger partial charge >= 0.3 is 0 Å². The molecule has 0 atom stereocenters. The van der Waals surface area contributed by atoms with Crippen LogP contribution in [0, 0.1) is 0 Å². The van der Waals surface area contributed by atoms with E-state index in [1.165, 1.54) is 75.4 Å². The molecule has 0 amide bonds. The van der Waals surface area contributed by atoms with E-state index in [0.29, 0.717) is 0 Å². The summed E-state index contributed by atoms with van der Waals surface area (Å²) >= 11 is 0. The van der Waals surface area contributed by atoms with Crippen molar-refractivity contribution in [2.45, 2.75) is 0 Å². The summed E-state index contributed by atoms with van der Waals surface area (Å²) < 4.78 is 0. The summed E-state index contributed by atoms with van der Waals surface area (Å²) in [5, 5.41) is 18.3. The molecular formula is C34H20. The fourth-order valence-corrected chi connectivity index (χ4v) is 5.85. The zero-order chi connectivity index (χ0) is 22.2. The Kier molecular flexibility index (Phi) is 3.48. The number of hydrogen-bond acceptors (Lipinski definition) is 0. The Labute approximate surface area is 196 Å². The minimum absolute atomic E-state index is 1.29. The Hall–Kier alpha value is -4.42. The lowest BCUT2D eigenvalue weighted by Gasteiger charge is -2.12. The summed E-state index contributed by atoms with van der Waals surface area (Å²) in [7, 11) is 0. The number of benzene rings is 8. The monoisotopic (exact) mass is 428 g/mol. The summed E-state index contributed by atoms with van der Waals surface area (Å²) in [5.74, 6) is 0. The van der Waals surface area contributed by atoms with Gasteiger partial charge in [0.25, 0.3) is 0 Å². The molecule has 0 N–H and O–H groups in total. The summed E-state index contributed by atoms with van der Waals surface area (Å²) in [6.07, 6.45) is 0. The van der Waals surface area contributed by atoms with Gasteiger partial charge in [-0.2, -0.15) is 0 Å². The van der Waals surface area contributed by atoms with Crippen molar-refractivity contribution in [1.82, 2.24) is 0 Å². The second-order valence-electron chi connectivity index (χ2n) is 9.43. The van der Waals surface area contributed by atoms with E-state index in [9.17, 15) is 0 Å². The van der Waals surface area contributed by atoms with Gasteiger partial charge in [-0.3, -0.25) is 0 Å². The van der Waals surface area contributed by atoms with Crippen LogP contribution >= 0.6 is 0 Å². The Morgan fingerprint density at radius 2 is 0.471 bits per heavy atom. The Morgan fingerprint density at radius 1 is 0.206 bits per heavy atom. The van der Waals surface area contributed by atoms with Crippen molar-refractivity contribution in [2.75, 3.05) is 0 Å². The summed E-state index contributed by atoms with van der Waals surface area (Å²) in [6, 6.07) is 45.1. The van der Waals surface area contributed by atoms with Gasteiger partial charge in [-0.05, 0) is 124 Å². The second-order valence-corrected chi connectivity index (χ2v) is 9.43. The highest BCUT2D eigenvalue weighted by Crippen LogP contribution is 2.38. The van der Waals surface area contributed by atoms with Gasteiger partial charge < -0.3 is 0 Å². The third kappa shape index (κ3) is 2.48. The second kappa shape index (κ2) is 6.56. The van der Waals surface area contributed by atoms with Crippen LogP contribution in [-0.2, 0) is 0 Å². The van der Waals surface area contributed by atoms with E-state index in [0.717, 1.165) is 0 Å². The highest BCUT2D eigenvalue weighted by Gasteiger charge is 2.10. The van der Waals surface area contributed by atoms with E-state index in [1.807, 2.05) is 0 Å². The van der Waals surface area contributed by atoms with Crippen molar-refractivity contribution >= 4 is 75.4 Å². The van der Waals surface area contributed by atoms with Crippen molar-refractivity contribution in [2.24, 2.45) is 0 Å². The van der Waals surface area contributed by atoms with E-state index in [1.54, 1.807) is 0 Å². The lowest BCUT2D eigenvalue weighted by molar-refractivity contribution is 1.78. The molecule has 0 radical (unpaired) electrons. The smallest absolute Gasteiger partial charge is 0.00926 e. The first-order chi connectivity index (χ1) is 16.8. The molecule has 0 aromatic heterocycles. The molecule has 0 saturated heterocycles. The highest BCUT2D eigenvalue weighted by molar-refractivity contribution is 6.27. The lowest BCUT2D eigenvalue weighted by atomic mass is 9.91. The molecule has 0 aliphatic heterocycles. The Balaban J connectivity index is 1.51. The summed E-state index contributed by atoms with van der Waals surface area (Å²) in [6.45, 7) is 0. The van der Waals surface area contributed by atoms with Gasteiger partial charge in [-0.1, -0.05) is 72.8 Å².